The van der Waals surface area contributed by atoms with Crippen molar-refractivity contribution in [2.75, 3.05) is 0 Å². The fourth-order valence-corrected chi connectivity index (χ4v) is 2.80. The predicted octanol–water partition coefficient (Wildman–Crippen LogP) is 6.22. The highest BCUT2D eigenvalue weighted by atomic mass is 14.8. The minimum Gasteiger partial charge on any atom is -0.351 e. The number of aromatic amines is 1. The second-order valence-corrected chi connectivity index (χ2v) is 6.63. The fourth-order valence-electron chi connectivity index (χ4n) is 2.80. The number of hydrogen-bond donors (Lipinski definition) is 2. The van der Waals surface area contributed by atoms with E-state index in [4.69, 9.17) is 5.73 Å². The van der Waals surface area contributed by atoms with Crippen LogP contribution in [0.2, 0.25) is 0 Å². The molecule has 136 valence electrons. The van der Waals surface area contributed by atoms with E-state index in [0.717, 1.165) is 0 Å². The maximum atomic E-state index is 6.00. The van der Waals surface area contributed by atoms with Crippen molar-refractivity contribution in [3.63, 3.8) is 0 Å². The van der Waals surface area contributed by atoms with Gasteiger partial charge in [-0.25, -0.2) is 4.98 Å². The van der Waals surface area contributed by atoms with Gasteiger partial charge in [0.05, 0.1) is 6.33 Å². The number of nitrogens with two attached hydrogens (primary N) is 1. The van der Waals surface area contributed by atoms with E-state index in [0.29, 0.717) is 6.04 Å². The summed E-state index contributed by atoms with van der Waals surface area (Å²) in [5.41, 5.74) is 6.00. The summed E-state index contributed by atoms with van der Waals surface area (Å²) in [6, 6.07) is 0.466. The molecule has 1 aromatic heterocycles. The lowest BCUT2D eigenvalue weighted by atomic mass is 10.0. The van der Waals surface area contributed by atoms with Gasteiger partial charge >= 0.3 is 0 Å². The summed E-state index contributed by atoms with van der Waals surface area (Å²) in [6.07, 6.45) is 24.4. The van der Waals surface area contributed by atoms with Crippen molar-refractivity contribution in [3.8, 4) is 0 Å². The molecule has 0 aromatic carbocycles. The molecule has 3 heteroatoms. The van der Waals surface area contributed by atoms with Crippen LogP contribution in [0.15, 0.2) is 18.7 Å². The van der Waals surface area contributed by atoms with E-state index in [-0.39, 0.29) is 0 Å². The van der Waals surface area contributed by atoms with E-state index in [9.17, 15) is 0 Å². The predicted molar refractivity (Wildman–Crippen MR) is 103 cm³/mol. The summed E-state index contributed by atoms with van der Waals surface area (Å²) in [6.45, 7) is 4.51. The Hall–Kier alpha value is -0.830. The molecular formula is C20H41N3. The van der Waals surface area contributed by atoms with Crippen molar-refractivity contribution in [1.82, 2.24) is 9.97 Å². The van der Waals surface area contributed by atoms with Gasteiger partial charge < -0.3 is 10.7 Å². The van der Waals surface area contributed by atoms with Crippen LogP contribution in [0.4, 0.5) is 0 Å². The first-order valence-electron chi connectivity index (χ1n) is 9.99. The number of nitrogens with one attached hydrogen (secondary N) is 1. The van der Waals surface area contributed by atoms with Crippen LogP contribution in [0.1, 0.15) is 104 Å². The van der Waals surface area contributed by atoms with Gasteiger partial charge in [0.15, 0.2) is 0 Å². The molecule has 1 atom stereocenters. The van der Waals surface area contributed by atoms with Gasteiger partial charge in [0.1, 0.15) is 0 Å². The van der Waals surface area contributed by atoms with Gasteiger partial charge in [-0.05, 0) is 12.8 Å². The topological polar surface area (TPSA) is 54.7 Å². The normalized spacial score (nSPS) is 11.8. The maximum absolute atomic E-state index is 6.00. The van der Waals surface area contributed by atoms with Crippen molar-refractivity contribution in [3.05, 3.63) is 18.7 Å². The minimum atomic E-state index is 0.466. The van der Waals surface area contributed by atoms with Crippen LogP contribution in [0, 0.1) is 0 Å². The van der Waals surface area contributed by atoms with Crippen LogP contribution in [-0.4, -0.2) is 16.0 Å². The zero-order valence-corrected chi connectivity index (χ0v) is 15.7. The molecule has 0 amide bonds. The molecule has 0 radical (unpaired) electrons. The third kappa shape index (κ3) is 19.1. The molecule has 1 rings (SSSR count). The summed E-state index contributed by atoms with van der Waals surface area (Å²) >= 11 is 0. The van der Waals surface area contributed by atoms with Crippen LogP contribution in [0.5, 0.6) is 0 Å². The summed E-state index contributed by atoms with van der Waals surface area (Å²) in [4.78, 5) is 6.42. The highest BCUT2D eigenvalue weighted by molar-refractivity contribution is 4.64. The zero-order valence-electron chi connectivity index (χ0n) is 15.7. The number of nitrogens with zero attached hydrogens (tertiary/aromatic N) is 1. The van der Waals surface area contributed by atoms with Crippen molar-refractivity contribution in [2.24, 2.45) is 5.73 Å². The molecule has 23 heavy (non-hydrogen) atoms. The third-order valence-corrected chi connectivity index (χ3v) is 4.24. The van der Waals surface area contributed by atoms with E-state index in [2.05, 4.69) is 23.8 Å². The Balaban J connectivity index is 0.000000809. The Morgan fingerprint density at radius 2 is 1.35 bits per heavy atom. The number of unbranched alkanes of at least 4 members (excludes halogenated alkanes) is 10. The van der Waals surface area contributed by atoms with Gasteiger partial charge in [0, 0.05) is 18.4 Å². The summed E-state index contributed by atoms with van der Waals surface area (Å²) < 4.78 is 0. The maximum Gasteiger partial charge on any atom is 0.0919 e. The number of hydrogen-bond acceptors (Lipinski definition) is 2. The van der Waals surface area contributed by atoms with Crippen molar-refractivity contribution >= 4 is 0 Å². The van der Waals surface area contributed by atoms with Gasteiger partial charge in [-0.3, -0.25) is 0 Å². The lowest BCUT2D eigenvalue weighted by Gasteiger charge is -2.09. The molecule has 3 nitrogen and oxygen atoms in total. The Morgan fingerprint density at radius 1 is 0.783 bits per heavy atom. The molecular weight excluding hydrogens is 282 g/mol. The number of H-pyrrole nitrogens is 1. The van der Waals surface area contributed by atoms with Gasteiger partial charge in [0.2, 0.25) is 0 Å². The highest BCUT2D eigenvalue weighted by Gasteiger charge is 2.00. The smallest absolute Gasteiger partial charge is 0.0919 e. The number of aromatic nitrogens is 2. The summed E-state index contributed by atoms with van der Waals surface area (Å²) in [7, 11) is 0. The van der Waals surface area contributed by atoms with Gasteiger partial charge in [-0.2, -0.15) is 0 Å². The Bertz CT molecular complexity index is 268. The molecule has 0 saturated heterocycles. The van der Waals surface area contributed by atoms with Crippen molar-refractivity contribution < 1.29 is 0 Å². The quantitative estimate of drug-likeness (QED) is 0.399. The molecule has 0 spiro atoms. The Labute approximate surface area is 144 Å². The largest absolute Gasteiger partial charge is 0.351 e. The van der Waals surface area contributed by atoms with Crippen LogP contribution >= 0.6 is 0 Å². The first kappa shape index (κ1) is 22.2. The Morgan fingerprint density at radius 3 is 1.74 bits per heavy atom. The van der Waals surface area contributed by atoms with Crippen LogP contribution < -0.4 is 5.73 Å². The first-order chi connectivity index (χ1) is 11.3. The van der Waals surface area contributed by atoms with Gasteiger partial charge in [0.25, 0.3) is 0 Å². The molecule has 1 aromatic rings. The van der Waals surface area contributed by atoms with Crippen LogP contribution in [0.25, 0.3) is 0 Å². The second kappa shape index (κ2) is 19.2. The van der Waals surface area contributed by atoms with E-state index >= 15 is 0 Å². The second-order valence-electron chi connectivity index (χ2n) is 6.63. The number of imidazole rings is 1. The van der Waals surface area contributed by atoms with Gasteiger partial charge in [-0.1, -0.05) is 90.9 Å². The van der Waals surface area contributed by atoms with Crippen LogP contribution in [-0.2, 0) is 0 Å². The Kier molecular flexibility index (Phi) is 18.5. The summed E-state index contributed by atoms with van der Waals surface area (Å²) in [5.74, 6) is 0. The SMILES string of the molecule is CCCCCCCCCCCCCC(N)CCC.c1c[nH]cn1. The molecule has 0 saturated carbocycles. The monoisotopic (exact) mass is 323 g/mol. The molecule has 0 aliphatic rings. The highest BCUT2D eigenvalue weighted by Crippen LogP contribution is 2.12. The van der Waals surface area contributed by atoms with E-state index in [1.807, 2.05) is 0 Å². The number of rotatable bonds is 14. The summed E-state index contributed by atoms with van der Waals surface area (Å²) in [5, 5.41) is 0. The molecule has 0 aliphatic heterocycles. The standard InChI is InChI=1S/C17H37N.C3H4N2/c1-3-5-6-7-8-9-10-11-12-13-14-16-17(18)15-4-2;1-2-5-3-4-1/h17H,3-16,18H2,1-2H3;1-3H,(H,4,5). The molecule has 1 unspecified atom stereocenters. The van der Waals surface area contributed by atoms with E-state index < -0.39 is 0 Å². The van der Waals surface area contributed by atoms with Crippen molar-refractivity contribution in [2.45, 2.75) is 110 Å². The minimum absolute atomic E-state index is 0.466. The van der Waals surface area contributed by atoms with Gasteiger partial charge in [-0.15, -0.1) is 0 Å². The van der Waals surface area contributed by atoms with Crippen molar-refractivity contribution in [1.29, 1.82) is 0 Å². The lowest BCUT2D eigenvalue weighted by Crippen LogP contribution is -2.18. The average molecular weight is 324 g/mol. The zero-order chi connectivity index (χ0) is 17.0. The molecule has 0 bridgehead atoms. The molecule has 1 heterocycles. The molecule has 3 N–H and O–H groups in total. The molecule has 0 fully saturated rings. The lowest BCUT2D eigenvalue weighted by molar-refractivity contribution is 0.501. The average Bonchev–Trinajstić information content (AvgIpc) is 3.12. The fraction of sp³-hybridized carbons (Fsp3) is 0.850. The van der Waals surface area contributed by atoms with Crippen LogP contribution in [0.3, 0.4) is 0 Å². The van der Waals surface area contributed by atoms with E-state index in [1.54, 1.807) is 18.7 Å². The third-order valence-electron chi connectivity index (χ3n) is 4.24. The van der Waals surface area contributed by atoms with E-state index in [1.165, 1.54) is 89.9 Å². The molecule has 0 aliphatic carbocycles. The first-order valence-corrected chi connectivity index (χ1v) is 9.99.